The number of hydrogen-bond acceptors (Lipinski definition) is 3. The van der Waals surface area contributed by atoms with Crippen LogP contribution in [0.5, 0.6) is 0 Å². The lowest BCUT2D eigenvalue weighted by atomic mass is 10.2. The summed E-state index contributed by atoms with van der Waals surface area (Å²) >= 11 is 3.15. The van der Waals surface area contributed by atoms with Gasteiger partial charge in [-0.1, -0.05) is 46.3 Å². The van der Waals surface area contributed by atoms with Crippen LogP contribution in [0.25, 0.3) is 0 Å². The number of imidazole rings is 1. The standard InChI is InChI=1S/C18H14BrFN2O2/c19-14-6-7-15(16(20)10-14)18(23)24-12-17-21-8-9-22(17)11-13-4-2-1-3-5-13/h1-10H,11-12H2. The topological polar surface area (TPSA) is 44.1 Å². The van der Waals surface area contributed by atoms with Gasteiger partial charge in [0.2, 0.25) is 0 Å². The second-order valence-corrected chi connectivity index (χ2v) is 6.07. The van der Waals surface area contributed by atoms with Crippen molar-refractivity contribution in [2.75, 3.05) is 0 Å². The average molecular weight is 389 g/mol. The van der Waals surface area contributed by atoms with Gasteiger partial charge in [0.1, 0.15) is 18.2 Å². The highest BCUT2D eigenvalue weighted by Gasteiger charge is 2.15. The Morgan fingerprint density at radius 1 is 1.21 bits per heavy atom. The van der Waals surface area contributed by atoms with Gasteiger partial charge in [0.15, 0.2) is 0 Å². The fraction of sp³-hybridized carbons (Fsp3) is 0.111. The second-order valence-electron chi connectivity index (χ2n) is 5.16. The van der Waals surface area contributed by atoms with Crippen molar-refractivity contribution in [1.29, 1.82) is 0 Å². The number of hydrogen-bond donors (Lipinski definition) is 0. The van der Waals surface area contributed by atoms with Gasteiger partial charge in [-0.3, -0.25) is 0 Å². The minimum absolute atomic E-state index is 0.0197. The largest absolute Gasteiger partial charge is 0.454 e. The van der Waals surface area contributed by atoms with Crippen molar-refractivity contribution >= 4 is 21.9 Å². The molecule has 3 aromatic rings. The maximum atomic E-state index is 13.8. The van der Waals surface area contributed by atoms with E-state index in [0.717, 1.165) is 5.56 Å². The van der Waals surface area contributed by atoms with Crippen LogP contribution < -0.4 is 0 Å². The molecule has 122 valence electrons. The fourth-order valence-corrected chi connectivity index (χ4v) is 2.60. The van der Waals surface area contributed by atoms with Crippen molar-refractivity contribution in [2.45, 2.75) is 13.2 Å². The third-order valence-electron chi connectivity index (χ3n) is 3.48. The molecule has 0 radical (unpaired) electrons. The molecule has 0 saturated heterocycles. The number of esters is 1. The van der Waals surface area contributed by atoms with E-state index >= 15 is 0 Å². The van der Waals surface area contributed by atoms with E-state index in [4.69, 9.17) is 4.74 Å². The van der Waals surface area contributed by atoms with E-state index in [0.29, 0.717) is 16.8 Å². The van der Waals surface area contributed by atoms with E-state index in [9.17, 15) is 9.18 Å². The van der Waals surface area contributed by atoms with Crippen LogP contribution in [0.1, 0.15) is 21.7 Å². The molecule has 24 heavy (non-hydrogen) atoms. The summed E-state index contributed by atoms with van der Waals surface area (Å²) < 4.78 is 21.4. The molecular weight excluding hydrogens is 375 g/mol. The molecule has 0 amide bonds. The molecule has 0 N–H and O–H groups in total. The summed E-state index contributed by atoms with van der Waals surface area (Å²) in [6.07, 6.45) is 3.46. The Morgan fingerprint density at radius 3 is 2.75 bits per heavy atom. The van der Waals surface area contributed by atoms with Crippen molar-refractivity contribution < 1.29 is 13.9 Å². The molecule has 0 atom stereocenters. The maximum absolute atomic E-state index is 13.8. The van der Waals surface area contributed by atoms with Gasteiger partial charge in [-0.25, -0.2) is 14.2 Å². The summed E-state index contributed by atoms with van der Waals surface area (Å²) in [6.45, 7) is 0.606. The quantitative estimate of drug-likeness (QED) is 0.615. The van der Waals surface area contributed by atoms with Crippen LogP contribution >= 0.6 is 15.9 Å². The molecule has 3 rings (SSSR count). The molecule has 4 nitrogen and oxygen atoms in total. The SMILES string of the molecule is O=C(OCc1nccn1Cc1ccccc1)c1ccc(Br)cc1F. The van der Waals surface area contributed by atoms with Crippen LogP contribution in [-0.4, -0.2) is 15.5 Å². The molecular formula is C18H14BrFN2O2. The van der Waals surface area contributed by atoms with Gasteiger partial charge < -0.3 is 9.30 Å². The van der Waals surface area contributed by atoms with Crippen molar-refractivity contribution in [3.63, 3.8) is 0 Å². The first-order chi connectivity index (χ1) is 11.6. The third-order valence-corrected chi connectivity index (χ3v) is 3.97. The van der Waals surface area contributed by atoms with Crippen LogP contribution in [0.2, 0.25) is 0 Å². The van der Waals surface area contributed by atoms with E-state index in [1.54, 1.807) is 12.3 Å². The Balaban J connectivity index is 1.67. The zero-order chi connectivity index (χ0) is 16.9. The molecule has 0 aliphatic rings. The van der Waals surface area contributed by atoms with Gasteiger partial charge in [-0.05, 0) is 23.8 Å². The Labute approximate surface area is 147 Å². The number of carbonyl (C=O) groups is 1. The molecule has 6 heteroatoms. The van der Waals surface area contributed by atoms with Crippen LogP contribution in [-0.2, 0) is 17.9 Å². The highest BCUT2D eigenvalue weighted by Crippen LogP contribution is 2.16. The fourth-order valence-electron chi connectivity index (χ4n) is 2.27. The summed E-state index contributed by atoms with van der Waals surface area (Å²) in [6, 6.07) is 14.1. The summed E-state index contributed by atoms with van der Waals surface area (Å²) in [4.78, 5) is 16.2. The molecule has 1 heterocycles. The second kappa shape index (κ2) is 7.40. The Bertz CT molecular complexity index is 849. The highest BCUT2D eigenvalue weighted by molar-refractivity contribution is 9.10. The first-order valence-corrected chi connectivity index (χ1v) is 8.09. The maximum Gasteiger partial charge on any atom is 0.341 e. The average Bonchev–Trinajstić information content (AvgIpc) is 3.00. The van der Waals surface area contributed by atoms with E-state index < -0.39 is 11.8 Å². The van der Waals surface area contributed by atoms with Gasteiger partial charge in [0.25, 0.3) is 0 Å². The number of nitrogens with zero attached hydrogens (tertiary/aromatic N) is 2. The number of aromatic nitrogens is 2. The van der Waals surface area contributed by atoms with Crippen LogP contribution in [0, 0.1) is 5.82 Å². The minimum atomic E-state index is -0.714. The highest BCUT2D eigenvalue weighted by atomic mass is 79.9. The van der Waals surface area contributed by atoms with Crippen molar-refractivity contribution in [3.05, 3.63) is 88.2 Å². The molecule has 0 spiro atoms. The smallest absolute Gasteiger partial charge is 0.341 e. The molecule has 2 aromatic carbocycles. The lowest BCUT2D eigenvalue weighted by Crippen LogP contribution is -2.11. The van der Waals surface area contributed by atoms with E-state index in [-0.39, 0.29) is 12.2 Å². The summed E-state index contributed by atoms with van der Waals surface area (Å²) in [5.41, 5.74) is 1.02. The molecule has 1 aromatic heterocycles. The summed E-state index contributed by atoms with van der Waals surface area (Å²) in [7, 11) is 0. The van der Waals surface area contributed by atoms with Gasteiger partial charge in [-0.15, -0.1) is 0 Å². The van der Waals surface area contributed by atoms with E-state index in [1.807, 2.05) is 41.1 Å². The molecule has 0 saturated carbocycles. The number of carbonyl (C=O) groups excluding carboxylic acids is 1. The number of rotatable bonds is 5. The predicted octanol–water partition coefficient (Wildman–Crippen LogP) is 4.19. The first kappa shape index (κ1) is 16.4. The van der Waals surface area contributed by atoms with E-state index in [1.165, 1.54) is 12.1 Å². The normalized spacial score (nSPS) is 10.6. The Morgan fingerprint density at radius 2 is 2.00 bits per heavy atom. The lowest BCUT2D eigenvalue weighted by Gasteiger charge is -2.09. The van der Waals surface area contributed by atoms with Crippen molar-refractivity contribution in [3.8, 4) is 0 Å². The predicted molar refractivity (Wildman–Crippen MR) is 91.0 cm³/mol. The summed E-state index contributed by atoms with van der Waals surface area (Å²) in [5.74, 6) is -0.735. The summed E-state index contributed by atoms with van der Waals surface area (Å²) in [5, 5.41) is 0. The van der Waals surface area contributed by atoms with Crippen LogP contribution in [0.15, 0.2) is 65.4 Å². The van der Waals surface area contributed by atoms with Gasteiger partial charge in [-0.2, -0.15) is 0 Å². The van der Waals surface area contributed by atoms with E-state index in [2.05, 4.69) is 20.9 Å². The van der Waals surface area contributed by atoms with Crippen LogP contribution in [0.4, 0.5) is 4.39 Å². The molecule has 0 fully saturated rings. The monoisotopic (exact) mass is 388 g/mol. The van der Waals surface area contributed by atoms with Gasteiger partial charge in [0.05, 0.1) is 5.56 Å². The van der Waals surface area contributed by atoms with Crippen LogP contribution in [0.3, 0.4) is 0 Å². The zero-order valence-electron chi connectivity index (χ0n) is 12.7. The molecule has 0 aliphatic carbocycles. The zero-order valence-corrected chi connectivity index (χ0v) is 14.2. The third kappa shape index (κ3) is 3.89. The van der Waals surface area contributed by atoms with Gasteiger partial charge >= 0.3 is 5.97 Å². The Hall–Kier alpha value is -2.47. The Kier molecular flexibility index (Phi) is 5.05. The number of benzene rings is 2. The number of ether oxygens (including phenoxy) is 1. The first-order valence-electron chi connectivity index (χ1n) is 7.29. The minimum Gasteiger partial charge on any atom is -0.454 e. The van der Waals surface area contributed by atoms with Crippen molar-refractivity contribution in [1.82, 2.24) is 9.55 Å². The number of halogens is 2. The lowest BCUT2D eigenvalue weighted by molar-refractivity contribution is 0.0453. The van der Waals surface area contributed by atoms with Crippen molar-refractivity contribution in [2.24, 2.45) is 0 Å². The molecule has 0 unspecified atom stereocenters. The molecule has 0 bridgehead atoms. The molecule has 0 aliphatic heterocycles. The van der Waals surface area contributed by atoms with Gasteiger partial charge in [0, 0.05) is 23.4 Å².